The van der Waals surface area contributed by atoms with Crippen molar-refractivity contribution in [2.24, 2.45) is 5.92 Å². The smallest absolute Gasteiger partial charge is 0.228 e. The Kier molecular flexibility index (Phi) is 4.32. The van der Waals surface area contributed by atoms with Gasteiger partial charge in [0.1, 0.15) is 0 Å². The van der Waals surface area contributed by atoms with Crippen LogP contribution in [0.15, 0.2) is 29.2 Å². The van der Waals surface area contributed by atoms with Crippen molar-refractivity contribution in [2.45, 2.75) is 36.6 Å². The summed E-state index contributed by atoms with van der Waals surface area (Å²) in [6, 6.07) is 8.53. The normalized spacial score (nSPS) is 26.9. The number of rotatable bonds is 3. The van der Waals surface area contributed by atoms with Crippen LogP contribution in [0.5, 0.6) is 0 Å². The van der Waals surface area contributed by atoms with Crippen LogP contribution in [-0.4, -0.2) is 30.8 Å². The number of hydrogen-bond donors (Lipinski definition) is 2. The molecule has 1 saturated heterocycles. The van der Waals surface area contributed by atoms with Gasteiger partial charge in [-0.15, -0.1) is 11.8 Å². The Morgan fingerprint density at radius 2 is 2.30 bits per heavy atom. The molecule has 3 rings (SSSR count). The van der Waals surface area contributed by atoms with Crippen molar-refractivity contribution in [2.75, 3.05) is 18.8 Å². The minimum absolute atomic E-state index is 0.0233. The van der Waals surface area contributed by atoms with E-state index < -0.39 is 0 Å². The van der Waals surface area contributed by atoms with Gasteiger partial charge >= 0.3 is 0 Å². The highest BCUT2D eigenvalue weighted by molar-refractivity contribution is 7.99. The number of amides is 1. The second-order valence-corrected chi connectivity index (χ2v) is 6.87. The van der Waals surface area contributed by atoms with Gasteiger partial charge in [0.2, 0.25) is 5.91 Å². The topological polar surface area (TPSA) is 41.1 Å². The molecule has 20 heavy (non-hydrogen) atoms. The minimum Gasteiger partial charge on any atom is -0.353 e. The van der Waals surface area contributed by atoms with E-state index >= 15 is 0 Å². The van der Waals surface area contributed by atoms with Gasteiger partial charge in [0, 0.05) is 16.7 Å². The van der Waals surface area contributed by atoms with Crippen LogP contribution >= 0.6 is 11.8 Å². The number of carbonyl (C=O) groups excluding carboxylic acids is 1. The third-order valence-corrected chi connectivity index (χ3v) is 5.61. The summed E-state index contributed by atoms with van der Waals surface area (Å²) < 4.78 is 0. The van der Waals surface area contributed by atoms with Crippen LogP contribution in [-0.2, 0) is 4.79 Å². The zero-order valence-electron chi connectivity index (χ0n) is 11.9. The summed E-state index contributed by atoms with van der Waals surface area (Å²) in [5, 5.41) is 6.66. The zero-order valence-corrected chi connectivity index (χ0v) is 12.7. The number of piperidine rings is 1. The van der Waals surface area contributed by atoms with Gasteiger partial charge in [-0.25, -0.2) is 0 Å². The van der Waals surface area contributed by atoms with Crippen molar-refractivity contribution in [3.8, 4) is 0 Å². The lowest BCUT2D eigenvalue weighted by Crippen LogP contribution is -2.46. The Bertz CT molecular complexity index is 485. The molecule has 0 aromatic heterocycles. The highest BCUT2D eigenvalue weighted by atomic mass is 32.2. The van der Waals surface area contributed by atoms with E-state index in [-0.39, 0.29) is 17.9 Å². The summed E-state index contributed by atoms with van der Waals surface area (Å²) in [4.78, 5) is 13.8. The number of nitrogens with one attached hydrogen (secondary N) is 2. The largest absolute Gasteiger partial charge is 0.353 e. The Morgan fingerprint density at radius 1 is 1.45 bits per heavy atom. The predicted octanol–water partition coefficient (Wildman–Crippen LogP) is 2.38. The molecule has 0 bridgehead atoms. The first-order valence-corrected chi connectivity index (χ1v) is 8.47. The number of carbonyl (C=O) groups is 1. The Labute approximate surface area is 124 Å². The fourth-order valence-corrected chi connectivity index (χ4v) is 4.36. The molecule has 108 valence electrons. The second-order valence-electron chi connectivity index (χ2n) is 5.81. The predicted molar refractivity (Wildman–Crippen MR) is 83.1 cm³/mol. The van der Waals surface area contributed by atoms with Gasteiger partial charge in [0.25, 0.3) is 0 Å². The average molecular weight is 290 g/mol. The van der Waals surface area contributed by atoms with Crippen molar-refractivity contribution in [1.29, 1.82) is 0 Å². The first-order valence-electron chi connectivity index (χ1n) is 7.48. The molecule has 3 atom stereocenters. The van der Waals surface area contributed by atoms with Crippen molar-refractivity contribution < 1.29 is 4.79 Å². The van der Waals surface area contributed by atoms with Crippen molar-refractivity contribution >= 4 is 17.7 Å². The molecule has 3 nitrogen and oxygen atoms in total. The molecule has 0 aliphatic carbocycles. The van der Waals surface area contributed by atoms with Gasteiger partial charge < -0.3 is 10.6 Å². The fraction of sp³-hybridized carbons (Fsp3) is 0.562. The van der Waals surface area contributed by atoms with E-state index in [1.807, 2.05) is 12.1 Å². The molecule has 2 aliphatic rings. The van der Waals surface area contributed by atoms with Crippen molar-refractivity contribution in [1.82, 2.24) is 10.6 Å². The maximum absolute atomic E-state index is 12.5. The average Bonchev–Trinajstić information content (AvgIpc) is 2.92. The first kappa shape index (κ1) is 14.0. The lowest BCUT2D eigenvalue weighted by Gasteiger charge is -2.29. The molecule has 0 spiro atoms. The van der Waals surface area contributed by atoms with Crippen molar-refractivity contribution in [3.63, 3.8) is 0 Å². The molecular weight excluding hydrogens is 268 g/mol. The van der Waals surface area contributed by atoms with Gasteiger partial charge in [-0.2, -0.15) is 0 Å². The van der Waals surface area contributed by atoms with Crippen molar-refractivity contribution in [3.05, 3.63) is 29.8 Å². The minimum atomic E-state index is 0.0233. The molecule has 3 unspecified atom stereocenters. The molecule has 0 saturated carbocycles. The van der Waals surface area contributed by atoms with Crippen LogP contribution < -0.4 is 10.6 Å². The summed E-state index contributed by atoms with van der Waals surface area (Å²) >= 11 is 1.79. The van der Waals surface area contributed by atoms with Crippen LogP contribution in [0.25, 0.3) is 0 Å². The van der Waals surface area contributed by atoms with Gasteiger partial charge in [-0.05, 0) is 50.4 Å². The molecule has 0 radical (unpaired) electrons. The van der Waals surface area contributed by atoms with Gasteiger partial charge in [-0.3, -0.25) is 4.79 Å². The van der Waals surface area contributed by atoms with Gasteiger partial charge in [0.05, 0.1) is 5.92 Å². The fourth-order valence-electron chi connectivity index (χ4n) is 3.13. The van der Waals surface area contributed by atoms with Crippen LogP contribution in [0.1, 0.15) is 31.2 Å². The molecule has 2 N–H and O–H groups in total. The quantitative estimate of drug-likeness (QED) is 0.898. The SMILES string of the molecule is CC(NC(=O)C1CSc2ccccc21)C1CCCNC1. The molecule has 2 aliphatic heterocycles. The summed E-state index contributed by atoms with van der Waals surface area (Å²) in [5.74, 6) is 1.66. The highest BCUT2D eigenvalue weighted by Gasteiger charge is 2.31. The van der Waals surface area contributed by atoms with E-state index in [2.05, 4.69) is 29.7 Å². The van der Waals surface area contributed by atoms with E-state index in [0.717, 1.165) is 18.8 Å². The Morgan fingerprint density at radius 3 is 3.10 bits per heavy atom. The Hall–Kier alpha value is -1.00. The lowest BCUT2D eigenvalue weighted by molar-refractivity contribution is -0.123. The highest BCUT2D eigenvalue weighted by Crippen LogP contribution is 2.39. The summed E-state index contributed by atoms with van der Waals surface area (Å²) in [6.07, 6.45) is 2.43. The van der Waals surface area contributed by atoms with Crippen LogP contribution in [0.3, 0.4) is 0 Å². The number of benzene rings is 1. The van der Waals surface area contributed by atoms with Gasteiger partial charge in [-0.1, -0.05) is 18.2 Å². The summed E-state index contributed by atoms with van der Waals surface area (Å²) in [5.41, 5.74) is 1.20. The maximum Gasteiger partial charge on any atom is 0.228 e. The van der Waals surface area contributed by atoms with E-state index in [1.54, 1.807) is 11.8 Å². The third kappa shape index (κ3) is 2.86. The molecule has 1 amide bonds. The first-order chi connectivity index (χ1) is 9.75. The van der Waals surface area contributed by atoms with Gasteiger partial charge in [0.15, 0.2) is 0 Å². The number of hydrogen-bond acceptors (Lipinski definition) is 3. The standard InChI is InChI=1S/C16H22N2OS/c1-11(12-5-4-8-17-9-12)18-16(19)14-10-20-15-7-3-2-6-13(14)15/h2-3,6-7,11-12,14,17H,4-5,8-10H2,1H3,(H,18,19). The summed E-state index contributed by atoms with van der Waals surface area (Å²) in [6.45, 7) is 4.28. The molecule has 1 aromatic rings. The van der Waals surface area contributed by atoms with Crippen LogP contribution in [0.4, 0.5) is 0 Å². The van der Waals surface area contributed by atoms with E-state index in [4.69, 9.17) is 0 Å². The number of thioether (sulfide) groups is 1. The molecule has 1 fully saturated rings. The molecular formula is C16H22N2OS. The second kappa shape index (κ2) is 6.19. The monoisotopic (exact) mass is 290 g/mol. The molecule has 4 heteroatoms. The van der Waals surface area contributed by atoms with E-state index in [9.17, 15) is 4.79 Å². The maximum atomic E-state index is 12.5. The Balaban J connectivity index is 1.62. The van der Waals surface area contributed by atoms with Crippen LogP contribution in [0, 0.1) is 5.92 Å². The molecule has 1 aromatic carbocycles. The van der Waals surface area contributed by atoms with Crippen LogP contribution in [0.2, 0.25) is 0 Å². The van der Waals surface area contributed by atoms with E-state index in [1.165, 1.54) is 23.3 Å². The summed E-state index contributed by atoms with van der Waals surface area (Å²) in [7, 11) is 0. The number of fused-ring (bicyclic) bond motifs is 1. The zero-order chi connectivity index (χ0) is 13.9. The molecule has 2 heterocycles. The third-order valence-electron chi connectivity index (χ3n) is 4.43. The van der Waals surface area contributed by atoms with E-state index in [0.29, 0.717) is 5.92 Å². The lowest BCUT2D eigenvalue weighted by atomic mass is 9.92.